The minimum Gasteiger partial charge on any atom is -0.464 e. The third-order valence-corrected chi connectivity index (χ3v) is 3.95. The zero-order valence-electron chi connectivity index (χ0n) is 12.3. The van der Waals surface area contributed by atoms with Gasteiger partial charge < -0.3 is 4.74 Å². The molecule has 0 aliphatic carbocycles. The maximum Gasteiger partial charge on any atom is 0.356 e. The monoisotopic (exact) mass is 300 g/mol. The average molecular weight is 300 g/mol. The summed E-state index contributed by atoms with van der Waals surface area (Å²) in [6.07, 6.45) is 1.04. The van der Waals surface area contributed by atoms with E-state index in [1.165, 1.54) is 19.2 Å². The lowest BCUT2D eigenvalue weighted by molar-refractivity contribution is 0.0591. The van der Waals surface area contributed by atoms with Crippen molar-refractivity contribution in [1.82, 2.24) is 9.88 Å². The van der Waals surface area contributed by atoms with Gasteiger partial charge >= 0.3 is 5.97 Å². The van der Waals surface area contributed by atoms with E-state index in [2.05, 4.69) is 14.6 Å². The fourth-order valence-electron chi connectivity index (χ4n) is 2.69. The number of ether oxygens (including phenoxy) is 1. The summed E-state index contributed by atoms with van der Waals surface area (Å²) in [5.74, 6) is -0.650. The molecule has 5 heteroatoms. The lowest BCUT2D eigenvalue weighted by Gasteiger charge is -2.41. The standard InChI is InChI=1S/C17H17FN2O2/c1-22-17(21)15-4-2-3-14(19-15)11-20-10-9-16(20)12-5-7-13(18)8-6-12/h2-8,16H,9-11H2,1H3/t16-/m0/s1. The van der Waals surface area contributed by atoms with Gasteiger partial charge in [-0.25, -0.2) is 14.2 Å². The van der Waals surface area contributed by atoms with Crippen LogP contribution < -0.4 is 0 Å². The van der Waals surface area contributed by atoms with Crippen LogP contribution in [0.25, 0.3) is 0 Å². The largest absolute Gasteiger partial charge is 0.464 e. The second kappa shape index (κ2) is 6.23. The topological polar surface area (TPSA) is 42.4 Å². The Kier molecular flexibility index (Phi) is 4.15. The van der Waals surface area contributed by atoms with Crippen LogP contribution in [0.5, 0.6) is 0 Å². The maximum atomic E-state index is 13.0. The zero-order chi connectivity index (χ0) is 15.5. The number of aromatic nitrogens is 1. The van der Waals surface area contributed by atoms with Crippen LogP contribution in [0.1, 0.15) is 34.2 Å². The lowest BCUT2D eigenvalue weighted by atomic mass is 9.94. The molecular formula is C17H17FN2O2. The van der Waals surface area contributed by atoms with Gasteiger partial charge in [0, 0.05) is 19.1 Å². The molecule has 0 N–H and O–H groups in total. The number of nitrogens with zero attached hydrogens (tertiary/aromatic N) is 2. The number of carbonyl (C=O) groups is 1. The summed E-state index contributed by atoms with van der Waals surface area (Å²) in [4.78, 5) is 18.1. The Morgan fingerprint density at radius 3 is 2.73 bits per heavy atom. The minimum absolute atomic E-state index is 0.220. The summed E-state index contributed by atoms with van der Waals surface area (Å²) in [6.45, 7) is 1.62. The molecule has 0 unspecified atom stereocenters. The van der Waals surface area contributed by atoms with Crippen LogP contribution in [0.15, 0.2) is 42.5 Å². The molecular weight excluding hydrogens is 283 g/mol. The van der Waals surface area contributed by atoms with Crippen molar-refractivity contribution in [2.75, 3.05) is 13.7 Å². The zero-order valence-corrected chi connectivity index (χ0v) is 12.3. The smallest absolute Gasteiger partial charge is 0.356 e. The molecule has 1 atom stereocenters. The predicted octanol–water partition coefficient (Wildman–Crippen LogP) is 2.95. The first-order valence-electron chi connectivity index (χ1n) is 7.21. The second-order valence-corrected chi connectivity index (χ2v) is 5.33. The Hall–Kier alpha value is -2.27. The molecule has 2 heterocycles. The van der Waals surface area contributed by atoms with E-state index in [-0.39, 0.29) is 11.9 Å². The number of pyridine rings is 1. The Morgan fingerprint density at radius 2 is 2.09 bits per heavy atom. The van der Waals surface area contributed by atoms with Crippen molar-refractivity contribution in [2.24, 2.45) is 0 Å². The highest BCUT2D eigenvalue weighted by Crippen LogP contribution is 2.34. The molecule has 3 rings (SSSR count). The number of hydrogen-bond acceptors (Lipinski definition) is 4. The third kappa shape index (κ3) is 2.99. The molecule has 0 saturated carbocycles. The normalized spacial score (nSPS) is 17.8. The first-order chi connectivity index (χ1) is 10.7. The van der Waals surface area contributed by atoms with E-state index in [1.54, 1.807) is 12.1 Å². The Bertz CT molecular complexity index is 673. The number of hydrogen-bond donors (Lipinski definition) is 0. The van der Waals surface area contributed by atoms with E-state index in [0.29, 0.717) is 12.2 Å². The third-order valence-electron chi connectivity index (χ3n) is 3.95. The number of benzene rings is 1. The molecule has 0 amide bonds. The SMILES string of the molecule is COC(=O)c1cccc(CN2CC[C@H]2c2ccc(F)cc2)n1. The lowest BCUT2D eigenvalue weighted by Crippen LogP contribution is -2.40. The fraction of sp³-hybridized carbons (Fsp3) is 0.294. The summed E-state index contributed by atoms with van der Waals surface area (Å²) in [6, 6.07) is 12.2. The van der Waals surface area contributed by atoms with Gasteiger partial charge in [-0.2, -0.15) is 0 Å². The average Bonchev–Trinajstić information content (AvgIpc) is 2.53. The molecule has 0 spiro atoms. The summed E-state index contributed by atoms with van der Waals surface area (Å²) >= 11 is 0. The van der Waals surface area contributed by atoms with Gasteiger partial charge in [0.1, 0.15) is 11.5 Å². The van der Waals surface area contributed by atoms with Crippen molar-refractivity contribution < 1.29 is 13.9 Å². The molecule has 1 fully saturated rings. The molecule has 1 aliphatic rings. The first-order valence-corrected chi connectivity index (χ1v) is 7.21. The van der Waals surface area contributed by atoms with Crippen molar-refractivity contribution in [3.05, 3.63) is 65.2 Å². The highest BCUT2D eigenvalue weighted by atomic mass is 19.1. The summed E-state index contributed by atoms with van der Waals surface area (Å²) in [5.41, 5.74) is 2.25. The second-order valence-electron chi connectivity index (χ2n) is 5.33. The minimum atomic E-state index is -0.430. The predicted molar refractivity (Wildman–Crippen MR) is 79.7 cm³/mol. The fourth-order valence-corrected chi connectivity index (χ4v) is 2.69. The molecule has 0 radical (unpaired) electrons. The highest BCUT2D eigenvalue weighted by Gasteiger charge is 2.29. The van der Waals surface area contributed by atoms with Crippen LogP contribution in [0.2, 0.25) is 0 Å². The number of halogens is 1. The first kappa shape index (κ1) is 14.7. The molecule has 1 aromatic carbocycles. The van der Waals surface area contributed by atoms with Gasteiger partial charge in [-0.15, -0.1) is 0 Å². The van der Waals surface area contributed by atoms with Gasteiger partial charge in [0.05, 0.1) is 12.8 Å². The van der Waals surface area contributed by atoms with Gasteiger partial charge in [0.15, 0.2) is 0 Å². The highest BCUT2D eigenvalue weighted by molar-refractivity contribution is 5.87. The Balaban J connectivity index is 1.71. The van der Waals surface area contributed by atoms with Gasteiger partial charge in [0.2, 0.25) is 0 Å². The Morgan fingerprint density at radius 1 is 1.32 bits per heavy atom. The molecule has 1 saturated heterocycles. The summed E-state index contributed by atoms with van der Waals surface area (Å²) < 4.78 is 17.7. The van der Waals surface area contributed by atoms with Gasteiger partial charge in [-0.05, 0) is 36.2 Å². The van der Waals surface area contributed by atoms with Crippen LogP contribution in [0.3, 0.4) is 0 Å². The van der Waals surface area contributed by atoms with Gasteiger partial charge in [0.25, 0.3) is 0 Å². The van der Waals surface area contributed by atoms with E-state index in [0.717, 1.165) is 24.2 Å². The van der Waals surface area contributed by atoms with Crippen molar-refractivity contribution in [3.63, 3.8) is 0 Å². The Labute approximate surface area is 128 Å². The summed E-state index contributed by atoms with van der Waals surface area (Å²) in [5, 5.41) is 0. The van der Waals surface area contributed by atoms with E-state index >= 15 is 0 Å². The molecule has 1 aromatic heterocycles. The van der Waals surface area contributed by atoms with Crippen molar-refractivity contribution >= 4 is 5.97 Å². The van der Waals surface area contributed by atoms with Gasteiger partial charge in [-0.1, -0.05) is 18.2 Å². The van der Waals surface area contributed by atoms with Crippen LogP contribution >= 0.6 is 0 Å². The molecule has 0 bridgehead atoms. The summed E-state index contributed by atoms with van der Waals surface area (Å²) in [7, 11) is 1.34. The van der Waals surface area contributed by atoms with Crippen molar-refractivity contribution in [2.45, 2.75) is 19.0 Å². The molecule has 114 valence electrons. The molecule has 2 aromatic rings. The maximum absolute atomic E-state index is 13.0. The number of esters is 1. The van der Waals surface area contributed by atoms with E-state index in [9.17, 15) is 9.18 Å². The molecule has 1 aliphatic heterocycles. The molecule has 22 heavy (non-hydrogen) atoms. The van der Waals surface area contributed by atoms with Crippen molar-refractivity contribution in [1.29, 1.82) is 0 Å². The number of rotatable bonds is 4. The van der Waals surface area contributed by atoms with Crippen LogP contribution in [-0.4, -0.2) is 29.5 Å². The quantitative estimate of drug-likeness (QED) is 0.814. The number of methoxy groups -OCH3 is 1. The van der Waals surface area contributed by atoms with E-state index in [1.807, 2.05) is 18.2 Å². The van der Waals surface area contributed by atoms with E-state index < -0.39 is 5.97 Å². The van der Waals surface area contributed by atoms with E-state index in [4.69, 9.17) is 0 Å². The number of likely N-dealkylation sites (tertiary alicyclic amines) is 1. The molecule has 4 nitrogen and oxygen atoms in total. The van der Waals surface area contributed by atoms with Gasteiger partial charge in [-0.3, -0.25) is 4.90 Å². The van der Waals surface area contributed by atoms with Crippen molar-refractivity contribution in [3.8, 4) is 0 Å². The van der Waals surface area contributed by atoms with Crippen LogP contribution in [0, 0.1) is 5.82 Å². The van der Waals surface area contributed by atoms with Crippen LogP contribution in [0.4, 0.5) is 4.39 Å². The number of carbonyl (C=O) groups excluding carboxylic acids is 1. The van der Waals surface area contributed by atoms with Crippen LogP contribution in [-0.2, 0) is 11.3 Å².